The quantitative estimate of drug-likeness (QED) is 0.543. The second kappa shape index (κ2) is 10.2. The van der Waals surface area contributed by atoms with Gasteiger partial charge in [0.25, 0.3) is 0 Å². The largest absolute Gasteiger partial charge is 0.464 e. The van der Waals surface area contributed by atoms with E-state index < -0.39 is 0 Å². The number of nitrogens with one attached hydrogen (secondary N) is 1. The van der Waals surface area contributed by atoms with Crippen LogP contribution in [0.1, 0.15) is 80.5 Å². The van der Waals surface area contributed by atoms with E-state index in [0.717, 1.165) is 38.2 Å². The molecule has 1 saturated heterocycles. The molecule has 33 heavy (non-hydrogen) atoms. The van der Waals surface area contributed by atoms with Crippen molar-refractivity contribution in [2.75, 3.05) is 19.7 Å². The van der Waals surface area contributed by atoms with E-state index in [2.05, 4.69) is 40.0 Å². The van der Waals surface area contributed by atoms with Crippen molar-refractivity contribution >= 4 is 11.6 Å². The van der Waals surface area contributed by atoms with Gasteiger partial charge in [-0.3, -0.25) is 9.78 Å². The van der Waals surface area contributed by atoms with Crippen LogP contribution in [0.15, 0.2) is 41.5 Å². The predicted molar refractivity (Wildman–Crippen MR) is 130 cm³/mol. The molecular formula is C26H35N5O2. The van der Waals surface area contributed by atoms with E-state index >= 15 is 0 Å². The Morgan fingerprint density at radius 2 is 1.85 bits per heavy atom. The van der Waals surface area contributed by atoms with Crippen LogP contribution >= 0.6 is 0 Å². The van der Waals surface area contributed by atoms with Gasteiger partial charge < -0.3 is 15.4 Å². The average molecular weight is 450 g/mol. The Kier molecular flexibility index (Phi) is 7.16. The number of primary amides is 1. The van der Waals surface area contributed by atoms with Crippen LogP contribution in [0.4, 0.5) is 0 Å². The van der Waals surface area contributed by atoms with E-state index in [1.54, 1.807) is 0 Å². The number of carbonyl (C=O) groups is 1. The highest BCUT2D eigenvalue weighted by molar-refractivity contribution is 5.92. The number of hydrogen-bond donors (Lipinski definition) is 2. The maximum atomic E-state index is 11.4. The molecule has 7 nitrogen and oxygen atoms in total. The summed E-state index contributed by atoms with van der Waals surface area (Å²) in [5, 5.41) is 8.70. The molecule has 2 fully saturated rings. The van der Waals surface area contributed by atoms with Gasteiger partial charge in [0, 0.05) is 18.7 Å². The molecular weight excluding hydrogens is 414 g/mol. The van der Waals surface area contributed by atoms with Crippen LogP contribution in [-0.2, 0) is 0 Å². The van der Waals surface area contributed by atoms with Gasteiger partial charge in [0.15, 0.2) is 5.82 Å². The highest BCUT2D eigenvalue weighted by atomic mass is 16.5. The van der Waals surface area contributed by atoms with Gasteiger partial charge in [0.2, 0.25) is 5.91 Å². The molecule has 2 aliphatic rings. The molecule has 176 valence electrons. The summed E-state index contributed by atoms with van der Waals surface area (Å²) in [7, 11) is 0. The fourth-order valence-corrected chi connectivity index (χ4v) is 4.52. The summed E-state index contributed by atoms with van der Waals surface area (Å²) in [5.41, 5.74) is 11.1. The number of aromatic nitrogens is 3. The van der Waals surface area contributed by atoms with Crippen LogP contribution in [-0.4, -0.2) is 45.7 Å². The Bertz CT molecular complexity index is 1030. The number of H-pyrrole nitrogens is 1. The number of allylic oxidation sites excluding steroid dienone is 3. The van der Waals surface area contributed by atoms with E-state index in [0.29, 0.717) is 30.0 Å². The molecule has 4 rings (SSSR count). The molecule has 0 unspecified atom stereocenters. The van der Waals surface area contributed by atoms with Gasteiger partial charge in [-0.25, -0.2) is 0 Å². The number of aromatic amines is 1. The summed E-state index contributed by atoms with van der Waals surface area (Å²) < 4.78 is 5.56. The summed E-state index contributed by atoms with van der Waals surface area (Å²) in [6.45, 7) is 8.79. The highest BCUT2D eigenvalue weighted by Gasteiger charge is 2.33. The van der Waals surface area contributed by atoms with E-state index in [4.69, 9.17) is 10.5 Å². The molecule has 2 aromatic rings. The van der Waals surface area contributed by atoms with Crippen molar-refractivity contribution in [3.8, 4) is 6.01 Å². The highest BCUT2D eigenvalue weighted by Crippen LogP contribution is 2.43. The zero-order valence-electron chi connectivity index (χ0n) is 19.9. The van der Waals surface area contributed by atoms with Gasteiger partial charge in [-0.2, -0.15) is 0 Å². The van der Waals surface area contributed by atoms with Gasteiger partial charge in [0.1, 0.15) is 0 Å². The lowest BCUT2D eigenvalue weighted by Gasteiger charge is -2.35. The Hall–Kier alpha value is -3.09. The number of benzene rings is 1. The molecule has 0 spiro atoms. The molecule has 0 radical (unpaired) electrons. The first-order chi connectivity index (χ1) is 16.0. The zero-order chi connectivity index (χ0) is 23.4. The standard InChI is InChI=1S/C26H35N5O2/c1-4-17(3)16-22(20-8-9-20)23(25-28-26(30-29-25)33-5-2)31-14-12-19(13-15-31)18-6-10-21(11-7-18)24(27)32/h6-7,10-11,16,19-20H,4-5,8-9,12-15H2,1-3H3,(H2,27,32)(H,28,29,30)/b17-16+,23-22+. The zero-order valence-corrected chi connectivity index (χ0v) is 19.9. The van der Waals surface area contributed by atoms with Gasteiger partial charge in [0.05, 0.1) is 12.3 Å². The first-order valence-corrected chi connectivity index (χ1v) is 12.1. The number of rotatable bonds is 9. The molecule has 1 aliphatic carbocycles. The molecule has 2 heterocycles. The van der Waals surface area contributed by atoms with Gasteiger partial charge in [-0.1, -0.05) is 35.8 Å². The van der Waals surface area contributed by atoms with E-state index in [-0.39, 0.29) is 5.91 Å². The number of carbonyl (C=O) groups excluding carboxylic acids is 1. The van der Waals surface area contributed by atoms with E-state index in [9.17, 15) is 4.79 Å². The summed E-state index contributed by atoms with van der Waals surface area (Å²) in [4.78, 5) is 17.2. The monoisotopic (exact) mass is 449 g/mol. The molecule has 1 aromatic heterocycles. The van der Waals surface area contributed by atoms with Crippen molar-refractivity contribution in [3.63, 3.8) is 0 Å². The Labute approximate surface area is 196 Å². The minimum absolute atomic E-state index is 0.382. The van der Waals surface area contributed by atoms with Crippen LogP contribution in [0, 0.1) is 5.92 Å². The summed E-state index contributed by atoms with van der Waals surface area (Å²) in [5.74, 6) is 1.47. The smallest absolute Gasteiger partial charge is 0.314 e. The van der Waals surface area contributed by atoms with Crippen molar-refractivity contribution < 1.29 is 9.53 Å². The molecule has 1 aromatic carbocycles. The maximum absolute atomic E-state index is 11.4. The van der Waals surface area contributed by atoms with Crippen molar-refractivity contribution in [3.05, 3.63) is 58.4 Å². The minimum Gasteiger partial charge on any atom is -0.464 e. The van der Waals surface area contributed by atoms with Gasteiger partial charge in [-0.15, -0.1) is 5.10 Å². The van der Waals surface area contributed by atoms with Gasteiger partial charge in [-0.05, 0) is 81.1 Å². The third kappa shape index (κ3) is 5.46. The number of nitrogens with zero attached hydrogens (tertiary/aromatic N) is 3. The van der Waals surface area contributed by atoms with Crippen LogP contribution in [0.25, 0.3) is 5.70 Å². The lowest BCUT2D eigenvalue weighted by atomic mass is 9.88. The first-order valence-electron chi connectivity index (χ1n) is 12.1. The maximum Gasteiger partial charge on any atom is 0.314 e. The fourth-order valence-electron chi connectivity index (χ4n) is 4.52. The summed E-state index contributed by atoms with van der Waals surface area (Å²) in [6.07, 6.45) is 7.93. The summed E-state index contributed by atoms with van der Waals surface area (Å²) >= 11 is 0. The lowest BCUT2D eigenvalue weighted by Crippen LogP contribution is -2.33. The summed E-state index contributed by atoms with van der Waals surface area (Å²) in [6, 6.07) is 8.24. The van der Waals surface area contributed by atoms with Crippen LogP contribution < -0.4 is 10.5 Å². The van der Waals surface area contributed by atoms with Crippen molar-refractivity contribution in [2.24, 2.45) is 11.7 Å². The SMILES string of the molecule is CCOc1nnc(/C(=C(/C=C(\C)CC)C2CC2)N2CCC(c3ccc(C(N)=O)cc3)CC2)[nH]1. The molecule has 1 amide bonds. The number of amides is 1. The normalized spacial score (nSPS) is 18.3. The lowest BCUT2D eigenvalue weighted by molar-refractivity contribution is 0.1000. The topological polar surface area (TPSA) is 97.1 Å². The molecule has 1 saturated carbocycles. The van der Waals surface area contributed by atoms with Crippen LogP contribution in [0.5, 0.6) is 6.01 Å². The molecule has 1 aliphatic heterocycles. The number of hydrogen-bond acceptors (Lipinski definition) is 5. The Balaban J connectivity index is 1.60. The van der Waals surface area contributed by atoms with Crippen LogP contribution in [0.3, 0.4) is 0 Å². The Morgan fingerprint density at radius 3 is 2.42 bits per heavy atom. The molecule has 0 bridgehead atoms. The van der Waals surface area contributed by atoms with Gasteiger partial charge >= 0.3 is 6.01 Å². The average Bonchev–Trinajstić information content (AvgIpc) is 3.58. The Morgan fingerprint density at radius 1 is 1.15 bits per heavy atom. The third-order valence-corrected chi connectivity index (χ3v) is 6.70. The third-order valence-electron chi connectivity index (χ3n) is 6.70. The number of likely N-dealkylation sites (tertiary alicyclic amines) is 1. The first kappa shape index (κ1) is 23.1. The second-order valence-electron chi connectivity index (χ2n) is 9.08. The number of ether oxygens (including phenoxy) is 1. The van der Waals surface area contributed by atoms with E-state index in [1.165, 1.54) is 35.2 Å². The predicted octanol–water partition coefficient (Wildman–Crippen LogP) is 4.66. The van der Waals surface area contributed by atoms with Crippen molar-refractivity contribution in [1.82, 2.24) is 20.1 Å². The second-order valence-corrected chi connectivity index (χ2v) is 9.08. The fraction of sp³-hybridized carbons (Fsp3) is 0.500. The number of piperidine rings is 1. The molecule has 7 heteroatoms. The van der Waals surface area contributed by atoms with E-state index in [1.807, 2.05) is 31.2 Å². The van der Waals surface area contributed by atoms with Crippen molar-refractivity contribution in [2.45, 2.75) is 58.8 Å². The number of nitrogens with two attached hydrogens (primary N) is 1. The van der Waals surface area contributed by atoms with Crippen molar-refractivity contribution in [1.29, 1.82) is 0 Å². The molecule has 3 N–H and O–H groups in total. The van der Waals surface area contributed by atoms with Crippen LogP contribution in [0.2, 0.25) is 0 Å². The minimum atomic E-state index is -0.382. The molecule has 0 atom stereocenters.